The summed E-state index contributed by atoms with van der Waals surface area (Å²) >= 11 is 3.23. The van der Waals surface area contributed by atoms with Crippen molar-refractivity contribution >= 4 is 51.1 Å². The molecule has 0 spiro atoms. The monoisotopic (exact) mass is 498 g/mol. The first kappa shape index (κ1) is 21.7. The molecule has 7 nitrogen and oxygen atoms in total. The summed E-state index contributed by atoms with van der Waals surface area (Å²) < 4.78 is 39.1. The van der Waals surface area contributed by atoms with Crippen LogP contribution in [0, 0.1) is 0 Å². The van der Waals surface area contributed by atoms with Crippen molar-refractivity contribution in [3.05, 3.63) is 36.5 Å². The van der Waals surface area contributed by atoms with E-state index in [2.05, 4.69) is 25.6 Å². The summed E-state index contributed by atoms with van der Waals surface area (Å²) in [7, 11) is -5.84. The molecule has 2 heterocycles. The molecule has 1 aromatic carbocycles. The van der Waals surface area contributed by atoms with Crippen molar-refractivity contribution in [2.45, 2.75) is 26.1 Å². The third kappa shape index (κ3) is 5.12. The summed E-state index contributed by atoms with van der Waals surface area (Å²) in [6.07, 6.45) is 2.05. The Bertz CT molecular complexity index is 1120. The lowest BCUT2D eigenvalue weighted by molar-refractivity contribution is 0.440. The van der Waals surface area contributed by atoms with Crippen molar-refractivity contribution in [1.82, 2.24) is 4.98 Å². The van der Waals surface area contributed by atoms with Crippen LogP contribution in [-0.2, 0) is 10.0 Å². The van der Waals surface area contributed by atoms with Crippen LogP contribution in [0.15, 0.2) is 40.9 Å². The molecule has 0 radical (unpaired) electrons. The highest BCUT2D eigenvalue weighted by atomic mass is 79.9. The molecule has 0 bridgehead atoms. The number of pyridine rings is 1. The maximum absolute atomic E-state index is 12.4. The number of nitrogens with one attached hydrogen (secondary N) is 1. The van der Waals surface area contributed by atoms with Crippen molar-refractivity contribution in [2.75, 3.05) is 15.8 Å². The summed E-state index contributed by atoms with van der Waals surface area (Å²) in [5.41, 5.74) is 1.33. The molecule has 2 N–H and O–H groups in total. The first-order valence-electron chi connectivity index (χ1n) is 9.06. The summed E-state index contributed by atoms with van der Waals surface area (Å²) in [6, 6.07) is 9.14. The summed E-state index contributed by atoms with van der Waals surface area (Å²) in [6.45, 7) is 5.80. The Hall–Kier alpha value is -2.04. The molecule has 0 saturated heterocycles. The standard InChI is InChI=1S/C19H23BrN2O5SSi/c1-29(2,3)27-18-16(23)17(26-19(18)22-28(24,25)12-6-10-20)14-9-11-21-15-8-5-4-7-13(14)15/h4-5,7-9,11,22-23H,6,10,12H2,1-3H3. The van der Waals surface area contributed by atoms with Crippen LogP contribution in [0.5, 0.6) is 11.5 Å². The van der Waals surface area contributed by atoms with E-state index in [1.54, 1.807) is 12.3 Å². The minimum absolute atomic E-state index is 0.0162. The SMILES string of the molecule is C[Si](C)(C)Oc1c(NS(=O)(=O)CCCBr)oc(-c2ccnc3ccccc23)c1O. The van der Waals surface area contributed by atoms with E-state index in [0.29, 0.717) is 17.3 Å². The van der Waals surface area contributed by atoms with E-state index in [4.69, 9.17) is 8.84 Å². The molecule has 0 saturated carbocycles. The second-order valence-electron chi connectivity index (χ2n) is 7.49. The summed E-state index contributed by atoms with van der Waals surface area (Å²) in [5, 5.41) is 12.2. The topological polar surface area (TPSA) is 102 Å². The minimum atomic E-state index is -3.66. The Morgan fingerprint density at radius 1 is 1.24 bits per heavy atom. The number of para-hydroxylation sites is 1. The molecule has 3 aromatic rings. The van der Waals surface area contributed by atoms with Crippen LogP contribution >= 0.6 is 15.9 Å². The van der Waals surface area contributed by atoms with Crippen molar-refractivity contribution in [2.24, 2.45) is 0 Å². The van der Waals surface area contributed by atoms with Gasteiger partial charge in [0, 0.05) is 22.5 Å². The van der Waals surface area contributed by atoms with Crippen LogP contribution in [0.1, 0.15) is 6.42 Å². The highest BCUT2D eigenvalue weighted by Crippen LogP contribution is 2.48. The zero-order chi connectivity index (χ0) is 21.2. The maximum atomic E-state index is 12.4. The second kappa shape index (κ2) is 8.37. The first-order chi connectivity index (χ1) is 13.6. The number of hydrogen-bond acceptors (Lipinski definition) is 6. The van der Waals surface area contributed by atoms with E-state index in [0.717, 1.165) is 10.9 Å². The third-order valence-electron chi connectivity index (χ3n) is 3.94. The fraction of sp³-hybridized carbons (Fsp3) is 0.316. The van der Waals surface area contributed by atoms with E-state index < -0.39 is 18.3 Å². The Labute approximate surface area is 179 Å². The molecule has 10 heteroatoms. The zero-order valence-corrected chi connectivity index (χ0v) is 19.8. The predicted molar refractivity (Wildman–Crippen MR) is 121 cm³/mol. The molecule has 0 aliphatic carbocycles. The van der Waals surface area contributed by atoms with Gasteiger partial charge in [0.05, 0.1) is 11.3 Å². The number of sulfonamides is 1. The van der Waals surface area contributed by atoms with Gasteiger partial charge in [0.15, 0.2) is 5.76 Å². The van der Waals surface area contributed by atoms with E-state index in [-0.39, 0.29) is 28.9 Å². The predicted octanol–water partition coefficient (Wildman–Crippen LogP) is 4.94. The number of furan rings is 1. The smallest absolute Gasteiger partial charge is 0.252 e. The number of aromatic hydroxyl groups is 1. The number of anilines is 1. The minimum Gasteiger partial charge on any atom is -0.538 e. The molecule has 156 valence electrons. The molecule has 0 aliphatic rings. The maximum Gasteiger partial charge on any atom is 0.252 e. The van der Waals surface area contributed by atoms with Gasteiger partial charge >= 0.3 is 0 Å². The molecule has 3 rings (SSSR count). The van der Waals surface area contributed by atoms with Gasteiger partial charge in [0.25, 0.3) is 5.88 Å². The largest absolute Gasteiger partial charge is 0.538 e. The molecule has 0 aliphatic heterocycles. The van der Waals surface area contributed by atoms with Crippen molar-refractivity contribution in [3.63, 3.8) is 0 Å². The molecule has 0 atom stereocenters. The van der Waals surface area contributed by atoms with E-state index in [1.807, 2.05) is 43.9 Å². The van der Waals surface area contributed by atoms with E-state index in [9.17, 15) is 13.5 Å². The van der Waals surface area contributed by atoms with Gasteiger partial charge < -0.3 is 13.9 Å². The van der Waals surface area contributed by atoms with Crippen LogP contribution in [-0.4, -0.2) is 37.9 Å². The van der Waals surface area contributed by atoms with Gasteiger partial charge in [-0.05, 0) is 38.2 Å². The number of halogens is 1. The van der Waals surface area contributed by atoms with E-state index >= 15 is 0 Å². The lowest BCUT2D eigenvalue weighted by Crippen LogP contribution is -2.29. The average molecular weight is 499 g/mol. The number of alkyl halides is 1. The molecular weight excluding hydrogens is 476 g/mol. The number of aromatic nitrogens is 1. The molecule has 0 fully saturated rings. The number of rotatable bonds is 8. The van der Waals surface area contributed by atoms with Gasteiger partial charge in [0.1, 0.15) is 0 Å². The fourth-order valence-electron chi connectivity index (χ4n) is 2.79. The number of nitrogens with zero attached hydrogens (tertiary/aromatic N) is 1. The molecule has 0 amide bonds. The van der Waals surface area contributed by atoms with Gasteiger partial charge in [-0.1, -0.05) is 34.1 Å². The van der Waals surface area contributed by atoms with Gasteiger partial charge in [-0.2, -0.15) is 0 Å². The lowest BCUT2D eigenvalue weighted by atomic mass is 10.1. The lowest BCUT2D eigenvalue weighted by Gasteiger charge is -2.19. The number of fused-ring (bicyclic) bond motifs is 1. The first-order valence-corrected chi connectivity index (χ1v) is 15.2. The van der Waals surface area contributed by atoms with Gasteiger partial charge in [-0.15, -0.1) is 0 Å². The van der Waals surface area contributed by atoms with Crippen LogP contribution in [0.2, 0.25) is 19.6 Å². The Balaban J connectivity index is 2.14. The fourth-order valence-corrected chi connectivity index (χ4v) is 5.29. The van der Waals surface area contributed by atoms with Crippen molar-refractivity contribution in [3.8, 4) is 22.8 Å². The number of hydrogen-bond donors (Lipinski definition) is 2. The van der Waals surface area contributed by atoms with Crippen molar-refractivity contribution in [1.29, 1.82) is 0 Å². The molecule has 2 aromatic heterocycles. The normalized spacial score (nSPS) is 12.3. The van der Waals surface area contributed by atoms with Crippen LogP contribution < -0.4 is 9.15 Å². The molecular formula is C19H23BrN2O5SSi. The summed E-state index contributed by atoms with van der Waals surface area (Å²) in [5.74, 6) is -0.283. The number of benzene rings is 1. The summed E-state index contributed by atoms with van der Waals surface area (Å²) in [4.78, 5) is 4.32. The van der Waals surface area contributed by atoms with Gasteiger partial charge in [0.2, 0.25) is 29.8 Å². The van der Waals surface area contributed by atoms with Crippen LogP contribution in [0.4, 0.5) is 5.88 Å². The zero-order valence-electron chi connectivity index (χ0n) is 16.4. The van der Waals surface area contributed by atoms with Crippen molar-refractivity contribution < 1.29 is 22.4 Å². The Morgan fingerprint density at radius 3 is 2.66 bits per heavy atom. The molecule has 29 heavy (non-hydrogen) atoms. The molecule has 0 unspecified atom stereocenters. The highest BCUT2D eigenvalue weighted by Gasteiger charge is 2.30. The van der Waals surface area contributed by atoms with Crippen LogP contribution in [0.25, 0.3) is 22.2 Å². The van der Waals surface area contributed by atoms with Gasteiger partial charge in [-0.25, -0.2) is 13.1 Å². The quantitative estimate of drug-likeness (QED) is 0.336. The average Bonchev–Trinajstić information content (AvgIpc) is 2.93. The Morgan fingerprint density at radius 2 is 1.97 bits per heavy atom. The van der Waals surface area contributed by atoms with Crippen LogP contribution in [0.3, 0.4) is 0 Å². The Kier molecular flexibility index (Phi) is 6.25. The second-order valence-corrected chi connectivity index (χ2v) is 14.6. The van der Waals surface area contributed by atoms with Gasteiger partial charge in [-0.3, -0.25) is 4.98 Å². The highest BCUT2D eigenvalue weighted by molar-refractivity contribution is 9.09. The third-order valence-corrected chi connectivity index (χ3v) is 6.64. The van der Waals surface area contributed by atoms with E-state index in [1.165, 1.54) is 0 Å².